The van der Waals surface area contributed by atoms with Gasteiger partial charge in [0.15, 0.2) is 0 Å². The summed E-state index contributed by atoms with van der Waals surface area (Å²) < 4.78 is 4.38. The first-order valence-electron chi connectivity index (χ1n) is 8.18. The molecule has 0 bridgehead atoms. The van der Waals surface area contributed by atoms with Crippen LogP contribution in [0.1, 0.15) is 30.8 Å². The second-order valence-electron chi connectivity index (χ2n) is 5.81. The fraction of sp³-hybridized carbons (Fsp3) is 0.471. The Balaban J connectivity index is 1.69. The molecule has 1 aromatic carbocycles. The van der Waals surface area contributed by atoms with Crippen LogP contribution in [0.25, 0.3) is 0 Å². The van der Waals surface area contributed by atoms with Crippen LogP contribution in [0.3, 0.4) is 0 Å². The summed E-state index contributed by atoms with van der Waals surface area (Å²) in [6, 6.07) is 9.78. The van der Waals surface area contributed by atoms with Gasteiger partial charge in [-0.3, -0.25) is 4.90 Å². The standard InChI is InChI=1S/C17H20ClN5S/c1-2-16-20-17(24-21-16)23-9-3-8-22(10-11-23)15(12-19)13-4-6-14(18)7-5-13/h4-7,15H,2-3,8-11H2,1H3. The molecule has 7 heteroatoms. The van der Waals surface area contributed by atoms with Crippen molar-refractivity contribution in [2.75, 3.05) is 31.1 Å². The molecule has 126 valence electrons. The second-order valence-corrected chi connectivity index (χ2v) is 6.97. The van der Waals surface area contributed by atoms with Gasteiger partial charge in [0.05, 0.1) is 6.07 Å². The Morgan fingerprint density at radius 1 is 1.25 bits per heavy atom. The zero-order valence-corrected chi connectivity index (χ0v) is 15.2. The molecule has 3 rings (SSSR count). The second kappa shape index (κ2) is 7.93. The Labute approximate surface area is 151 Å². The monoisotopic (exact) mass is 361 g/mol. The lowest BCUT2D eigenvalue weighted by atomic mass is 10.1. The van der Waals surface area contributed by atoms with Gasteiger partial charge < -0.3 is 4.90 Å². The van der Waals surface area contributed by atoms with E-state index in [4.69, 9.17) is 11.6 Å². The predicted octanol–water partition coefficient (Wildman–Crippen LogP) is 3.53. The van der Waals surface area contributed by atoms with Crippen LogP contribution in [0.4, 0.5) is 5.13 Å². The molecule has 1 unspecified atom stereocenters. The molecule has 5 nitrogen and oxygen atoms in total. The van der Waals surface area contributed by atoms with Crippen molar-refractivity contribution < 1.29 is 0 Å². The molecule has 0 radical (unpaired) electrons. The highest BCUT2D eigenvalue weighted by molar-refractivity contribution is 7.09. The molecule has 1 aromatic heterocycles. The van der Waals surface area contributed by atoms with Gasteiger partial charge >= 0.3 is 0 Å². The quantitative estimate of drug-likeness (QED) is 0.833. The molecule has 0 amide bonds. The zero-order valence-electron chi connectivity index (χ0n) is 13.7. The van der Waals surface area contributed by atoms with Crippen molar-refractivity contribution in [2.45, 2.75) is 25.8 Å². The van der Waals surface area contributed by atoms with Crippen molar-refractivity contribution in [1.29, 1.82) is 5.26 Å². The van der Waals surface area contributed by atoms with Gasteiger partial charge in [-0.05, 0) is 24.1 Å². The smallest absolute Gasteiger partial charge is 0.205 e. The third-order valence-corrected chi connectivity index (χ3v) is 5.31. The number of aromatic nitrogens is 2. The van der Waals surface area contributed by atoms with Gasteiger partial charge in [0.2, 0.25) is 5.13 Å². The number of hydrogen-bond donors (Lipinski definition) is 0. The van der Waals surface area contributed by atoms with Crippen molar-refractivity contribution in [1.82, 2.24) is 14.3 Å². The highest BCUT2D eigenvalue weighted by atomic mass is 35.5. The molecule has 1 aliphatic rings. The van der Waals surface area contributed by atoms with Gasteiger partial charge in [-0.2, -0.15) is 9.64 Å². The first-order valence-corrected chi connectivity index (χ1v) is 9.33. The zero-order chi connectivity index (χ0) is 16.9. The van der Waals surface area contributed by atoms with Crippen LogP contribution in [-0.2, 0) is 6.42 Å². The van der Waals surface area contributed by atoms with E-state index < -0.39 is 0 Å². The van der Waals surface area contributed by atoms with E-state index in [0.717, 1.165) is 55.5 Å². The highest BCUT2D eigenvalue weighted by Gasteiger charge is 2.24. The average Bonchev–Trinajstić information content (AvgIpc) is 2.96. The van der Waals surface area contributed by atoms with Gasteiger partial charge in [-0.1, -0.05) is 30.7 Å². The Hall–Kier alpha value is -1.68. The van der Waals surface area contributed by atoms with E-state index in [2.05, 4.69) is 32.2 Å². The number of hydrogen-bond acceptors (Lipinski definition) is 6. The number of halogens is 1. The molecule has 1 atom stereocenters. The molecule has 2 aromatic rings. The van der Waals surface area contributed by atoms with E-state index in [1.807, 2.05) is 24.3 Å². The Bertz CT molecular complexity index is 709. The predicted molar refractivity (Wildman–Crippen MR) is 97.5 cm³/mol. The lowest BCUT2D eigenvalue weighted by Crippen LogP contribution is -2.33. The van der Waals surface area contributed by atoms with Crippen molar-refractivity contribution in [3.8, 4) is 6.07 Å². The lowest BCUT2D eigenvalue weighted by molar-refractivity contribution is 0.253. The van der Waals surface area contributed by atoms with Gasteiger partial charge in [-0.15, -0.1) is 0 Å². The number of aryl methyl sites for hydroxylation is 1. The Morgan fingerprint density at radius 3 is 2.71 bits per heavy atom. The maximum atomic E-state index is 9.65. The summed E-state index contributed by atoms with van der Waals surface area (Å²) in [6.45, 7) is 5.62. The largest absolute Gasteiger partial charge is 0.346 e. The van der Waals surface area contributed by atoms with Gasteiger partial charge in [-0.25, -0.2) is 4.98 Å². The average molecular weight is 362 g/mol. The minimum Gasteiger partial charge on any atom is -0.346 e. The van der Waals surface area contributed by atoms with Gasteiger partial charge in [0.1, 0.15) is 11.9 Å². The van der Waals surface area contributed by atoms with Crippen LogP contribution in [0.5, 0.6) is 0 Å². The topological polar surface area (TPSA) is 56.1 Å². The van der Waals surface area contributed by atoms with E-state index in [9.17, 15) is 5.26 Å². The lowest BCUT2D eigenvalue weighted by Gasteiger charge is -2.26. The Kier molecular flexibility index (Phi) is 5.67. The summed E-state index contributed by atoms with van der Waals surface area (Å²) >= 11 is 7.43. The number of benzene rings is 1. The van der Waals surface area contributed by atoms with Crippen LogP contribution < -0.4 is 4.90 Å². The number of anilines is 1. The third-order valence-electron chi connectivity index (χ3n) is 4.25. The molecule has 0 saturated carbocycles. The normalized spacial score (nSPS) is 17.3. The number of rotatable bonds is 4. The summed E-state index contributed by atoms with van der Waals surface area (Å²) in [5, 5.41) is 11.3. The molecule has 0 aliphatic carbocycles. The van der Waals surface area contributed by atoms with Crippen LogP contribution in [0.2, 0.25) is 5.02 Å². The molecule has 0 spiro atoms. The van der Waals surface area contributed by atoms with Crippen molar-refractivity contribution in [3.05, 3.63) is 40.7 Å². The third kappa shape index (κ3) is 3.86. The summed E-state index contributed by atoms with van der Waals surface area (Å²) in [4.78, 5) is 9.11. The van der Waals surface area contributed by atoms with Crippen molar-refractivity contribution in [3.63, 3.8) is 0 Å². The maximum Gasteiger partial charge on any atom is 0.205 e. The van der Waals surface area contributed by atoms with E-state index in [0.29, 0.717) is 5.02 Å². The number of nitriles is 1. The molecule has 24 heavy (non-hydrogen) atoms. The molecule has 1 saturated heterocycles. The van der Waals surface area contributed by atoms with Crippen LogP contribution in [0.15, 0.2) is 24.3 Å². The van der Waals surface area contributed by atoms with Gasteiger partial charge in [0, 0.05) is 49.2 Å². The van der Waals surface area contributed by atoms with E-state index >= 15 is 0 Å². The molecular formula is C17H20ClN5S. The Morgan fingerprint density at radius 2 is 2.04 bits per heavy atom. The molecular weight excluding hydrogens is 342 g/mol. The molecule has 1 aliphatic heterocycles. The summed E-state index contributed by atoms with van der Waals surface area (Å²) in [7, 11) is 0. The number of nitrogens with zero attached hydrogens (tertiary/aromatic N) is 5. The minimum atomic E-state index is -0.233. The fourth-order valence-corrected chi connectivity index (χ4v) is 3.84. The summed E-state index contributed by atoms with van der Waals surface area (Å²) in [6.07, 6.45) is 1.87. The van der Waals surface area contributed by atoms with Crippen LogP contribution >= 0.6 is 23.1 Å². The first-order chi connectivity index (χ1) is 11.7. The van der Waals surface area contributed by atoms with Crippen molar-refractivity contribution >= 4 is 28.3 Å². The molecule has 0 N–H and O–H groups in total. The van der Waals surface area contributed by atoms with Crippen molar-refractivity contribution in [2.24, 2.45) is 0 Å². The van der Waals surface area contributed by atoms with E-state index in [1.54, 1.807) is 0 Å². The van der Waals surface area contributed by atoms with E-state index in [1.165, 1.54) is 11.5 Å². The van der Waals surface area contributed by atoms with Crippen LogP contribution in [-0.4, -0.2) is 40.4 Å². The van der Waals surface area contributed by atoms with Crippen LogP contribution in [0, 0.1) is 11.3 Å². The minimum absolute atomic E-state index is 0.233. The molecule has 1 fully saturated rings. The SMILES string of the molecule is CCc1nsc(N2CCCN(C(C#N)c3ccc(Cl)cc3)CC2)n1. The molecule has 2 heterocycles. The van der Waals surface area contributed by atoms with E-state index in [-0.39, 0.29) is 6.04 Å². The first kappa shape index (κ1) is 17.2. The summed E-state index contributed by atoms with van der Waals surface area (Å²) in [5.74, 6) is 0.909. The summed E-state index contributed by atoms with van der Waals surface area (Å²) in [5.41, 5.74) is 1.000. The highest BCUT2D eigenvalue weighted by Crippen LogP contribution is 2.25. The fourth-order valence-electron chi connectivity index (χ4n) is 2.92. The maximum absolute atomic E-state index is 9.65. The van der Waals surface area contributed by atoms with Gasteiger partial charge in [0.25, 0.3) is 0 Å².